The summed E-state index contributed by atoms with van der Waals surface area (Å²) in [6.07, 6.45) is 0.691. The Bertz CT molecular complexity index is 959. The molecule has 1 saturated carbocycles. The maximum Gasteiger partial charge on any atom is 0.242 e. The highest BCUT2D eigenvalue weighted by Gasteiger charge is 2.66. The van der Waals surface area contributed by atoms with E-state index >= 15 is 0 Å². The number of hydrogen-bond acceptors (Lipinski definition) is 3. The molecule has 0 spiro atoms. The van der Waals surface area contributed by atoms with Crippen molar-refractivity contribution in [3.8, 4) is 5.75 Å². The number of likely N-dealkylation sites (N-methyl/N-ethyl adjacent to an activating group) is 1. The number of fused-ring (bicyclic) bond motifs is 3. The summed E-state index contributed by atoms with van der Waals surface area (Å²) >= 11 is 0. The summed E-state index contributed by atoms with van der Waals surface area (Å²) in [6.45, 7) is 6.72. The van der Waals surface area contributed by atoms with Gasteiger partial charge >= 0.3 is 0 Å². The van der Waals surface area contributed by atoms with Gasteiger partial charge in [0.15, 0.2) is 0 Å². The van der Waals surface area contributed by atoms with E-state index in [1.165, 1.54) is 12.1 Å². The fourth-order valence-electron chi connectivity index (χ4n) is 4.53. The molecule has 2 aromatic rings. The van der Waals surface area contributed by atoms with Crippen LogP contribution in [-0.4, -0.2) is 42.5 Å². The normalized spacial score (nSPS) is 21.8. The van der Waals surface area contributed by atoms with Crippen molar-refractivity contribution < 1.29 is 18.7 Å². The second-order valence-corrected chi connectivity index (χ2v) is 8.38. The summed E-state index contributed by atoms with van der Waals surface area (Å²) in [5.74, 6) is 0.150. The maximum atomic E-state index is 13.6. The summed E-state index contributed by atoms with van der Waals surface area (Å²) in [7, 11) is 0. The Labute approximate surface area is 176 Å². The smallest absolute Gasteiger partial charge is 0.242 e. The Morgan fingerprint density at radius 3 is 2.60 bits per heavy atom. The molecule has 158 valence electrons. The molecular formula is C24H27FN2O3. The highest BCUT2D eigenvalue weighted by atomic mass is 19.1. The highest BCUT2D eigenvalue weighted by Crippen LogP contribution is 2.65. The van der Waals surface area contributed by atoms with Gasteiger partial charge in [0.1, 0.15) is 24.7 Å². The van der Waals surface area contributed by atoms with Crippen LogP contribution in [0.3, 0.4) is 0 Å². The molecule has 0 aromatic heterocycles. The van der Waals surface area contributed by atoms with Crippen molar-refractivity contribution in [3.05, 3.63) is 59.9 Å². The molecule has 2 amide bonds. The molecule has 30 heavy (non-hydrogen) atoms. The number of benzene rings is 2. The molecule has 2 atom stereocenters. The van der Waals surface area contributed by atoms with Crippen LogP contribution in [0.1, 0.15) is 38.7 Å². The average Bonchev–Trinajstić information content (AvgIpc) is 3.47. The third kappa shape index (κ3) is 3.44. The lowest BCUT2D eigenvalue weighted by atomic mass is 9.91. The number of carbonyl (C=O) groups is 2. The van der Waals surface area contributed by atoms with Crippen molar-refractivity contribution in [2.75, 3.05) is 24.6 Å². The zero-order valence-corrected chi connectivity index (χ0v) is 17.6. The molecule has 4 rings (SSSR count). The van der Waals surface area contributed by atoms with Crippen molar-refractivity contribution in [1.29, 1.82) is 0 Å². The number of rotatable bonds is 7. The van der Waals surface area contributed by atoms with Crippen LogP contribution in [0.4, 0.5) is 10.1 Å². The number of amides is 2. The Kier molecular flexibility index (Phi) is 5.26. The van der Waals surface area contributed by atoms with Crippen LogP contribution >= 0.6 is 0 Å². The van der Waals surface area contributed by atoms with Gasteiger partial charge in [-0.25, -0.2) is 4.39 Å². The van der Waals surface area contributed by atoms with Gasteiger partial charge in [0.2, 0.25) is 11.8 Å². The Balaban J connectivity index is 1.59. The van der Waals surface area contributed by atoms with Crippen molar-refractivity contribution >= 4 is 17.5 Å². The van der Waals surface area contributed by atoms with Gasteiger partial charge in [0, 0.05) is 24.2 Å². The number of hydrogen-bond donors (Lipinski definition) is 0. The third-order valence-corrected chi connectivity index (χ3v) is 6.24. The minimum Gasteiger partial charge on any atom is -0.492 e. The third-order valence-electron chi connectivity index (χ3n) is 6.24. The van der Waals surface area contributed by atoms with E-state index in [0.717, 1.165) is 11.3 Å². The second-order valence-electron chi connectivity index (χ2n) is 8.38. The first kappa shape index (κ1) is 20.4. The molecule has 1 aliphatic carbocycles. The minimum atomic E-state index is -0.669. The largest absolute Gasteiger partial charge is 0.492 e. The molecule has 1 heterocycles. The first-order valence-corrected chi connectivity index (χ1v) is 10.5. The molecule has 6 heteroatoms. The predicted molar refractivity (Wildman–Crippen MR) is 113 cm³/mol. The van der Waals surface area contributed by atoms with Crippen molar-refractivity contribution in [2.24, 2.45) is 5.41 Å². The zero-order valence-electron chi connectivity index (χ0n) is 17.6. The van der Waals surface area contributed by atoms with E-state index in [0.29, 0.717) is 18.7 Å². The molecule has 0 N–H and O–H groups in total. The first-order chi connectivity index (χ1) is 14.4. The molecule has 2 aromatic carbocycles. The topological polar surface area (TPSA) is 49.9 Å². The number of halogens is 1. The molecule has 0 radical (unpaired) electrons. The van der Waals surface area contributed by atoms with E-state index in [4.69, 9.17) is 4.74 Å². The van der Waals surface area contributed by atoms with Gasteiger partial charge in [-0.1, -0.05) is 18.2 Å². The van der Waals surface area contributed by atoms with E-state index in [1.807, 2.05) is 45.0 Å². The van der Waals surface area contributed by atoms with E-state index < -0.39 is 5.41 Å². The number of carbonyl (C=O) groups excluding carboxylic acids is 2. The maximum absolute atomic E-state index is 13.6. The molecule has 1 fully saturated rings. The molecule has 0 saturated heterocycles. The number of anilines is 1. The van der Waals surface area contributed by atoms with Crippen LogP contribution < -0.4 is 9.64 Å². The molecular weight excluding hydrogens is 383 g/mol. The fourth-order valence-corrected chi connectivity index (χ4v) is 4.53. The average molecular weight is 410 g/mol. The van der Waals surface area contributed by atoms with Gasteiger partial charge in [-0.15, -0.1) is 0 Å². The Morgan fingerprint density at radius 2 is 1.93 bits per heavy atom. The monoisotopic (exact) mass is 410 g/mol. The summed E-state index contributed by atoms with van der Waals surface area (Å²) in [5.41, 5.74) is 1.23. The van der Waals surface area contributed by atoms with Gasteiger partial charge in [0.05, 0.1) is 5.41 Å². The zero-order chi connectivity index (χ0) is 21.5. The van der Waals surface area contributed by atoms with Gasteiger partial charge < -0.3 is 14.5 Å². The van der Waals surface area contributed by atoms with Crippen LogP contribution in [0.25, 0.3) is 0 Å². The molecule has 1 aliphatic heterocycles. The van der Waals surface area contributed by atoms with Gasteiger partial charge in [-0.05, 0) is 63.1 Å². The number of ether oxygens (including phenoxy) is 1. The van der Waals surface area contributed by atoms with E-state index in [-0.39, 0.29) is 42.7 Å². The SMILES string of the molecule is CCN(C(=O)CN1C(=O)[C@@]2(COc3ccc(F)cc3)C[C@H]2c2ccccc21)C(C)C. The van der Waals surface area contributed by atoms with E-state index in [2.05, 4.69) is 0 Å². The first-order valence-electron chi connectivity index (χ1n) is 10.5. The Hall–Kier alpha value is -2.89. The van der Waals surface area contributed by atoms with Crippen LogP contribution in [0.2, 0.25) is 0 Å². The van der Waals surface area contributed by atoms with E-state index in [1.54, 1.807) is 21.9 Å². The van der Waals surface area contributed by atoms with Crippen LogP contribution in [0.5, 0.6) is 5.75 Å². The van der Waals surface area contributed by atoms with E-state index in [9.17, 15) is 14.0 Å². The lowest BCUT2D eigenvalue weighted by Gasteiger charge is -2.35. The van der Waals surface area contributed by atoms with Gasteiger partial charge in [0.25, 0.3) is 0 Å². The lowest BCUT2D eigenvalue weighted by molar-refractivity contribution is -0.134. The summed E-state index contributed by atoms with van der Waals surface area (Å²) in [5, 5.41) is 0. The minimum absolute atomic E-state index is 0.0207. The summed E-state index contributed by atoms with van der Waals surface area (Å²) in [6, 6.07) is 13.7. The molecule has 0 bridgehead atoms. The standard InChI is InChI=1S/C24H27FN2O3/c1-4-26(16(2)3)22(28)14-27-21-8-6-5-7-19(21)20-13-24(20,23(27)29)15-30-18-11-9-17(25)10-12-18/h5-12,16,20H,4,13-15H2,1-3H3/t20-,24+/m0/s1. The van der Waals surface area contributed by atoms with Crippen LogP contribution in [-0.2, 0) is 9.59 Å². The highest BCUT2D eigenvalue weighted by molar-refractivity contribution is 6.07. The van der Waals surface area contributed by atoms with Crippen LogP contribution in [0.15, 0.2) is 48.5 Å². The summed E-state index contributed by atoms with van der Waals surface area (Å²) in [4.78, 5) is 29.9. The van der Waals surface area contributed by atoms with Crippen molar-refractivity contribution in [3.63, 3.8) is 0 Å². The van der Waals surface area contributed by atoms with Crippen LogP contribution in [0, 0.1) is 11.2 Å². The quantitative estimate of drug-likeness (QED) is 0.694. The number of nitrogens with zero attached hydrogens (tertiary/aromatic N) is 2. The second kappa shape index (κ2) is 7.74. The number of para-hydroxylation sites is 1. The Morgan fingerprint density at radius 1 is 1.23 bits per heavy atom. The lowest BCUT2D eigenvalue weighted by Crippen LogP contribution is -2.50. The van der Waals surface area contributed by atoms with Crippen molar-refractivity contribution in [2.45, 2.75) is 39.2 Å². The summed E-state index contributed by atoms with van der Waals surface area (Å²) < 4.78 is 19.0. The van der Waals surface area contributed by atoms with Gasteiger partial charge in [-0.3, -0.25) is 9.59 Å². The van der Waals surface area contributed by atoms with Gasteiger partial charge in [-0.2, -0.15) is 0 Å². The molecule has 5 nitrogen and oxygen atoms in total. The predicted octanol–water partition coefficient (Wildman–Crippen LogP) is 3.98. The molecule has 2 aliphatic rings. The molecule has 0 unspecified atom stereocenters. The fraction of sp³-hybridized carbons (Fsp3) is 0.417. The van der Waals surface area contributed by atoms with Crippen molar-refractivity contribution in [1.82, 2.24) is 4.90 Å².